The minimum absolute atomic E-state index is 0.827. The molecule has 0 amide bonds. The molecule has 2 N–H and O–H groups in total. The number of aromatic amines is 1. The number of aryl methyl sites for hydroxylation is 2. The molecule has 0 fully saturated rings. The van der Waals surface area contributed by atoms with E-state index in [1.807, 2.05) is 12.3 Å². The van der Waals surface area contributed by atoms with E-state index in [1.54, 1.807) is 0 Å². The van der Waals surface area contributed by atoms with Crippen LogP contribution in [0, 0.1) is 13.8 Å². The lowest BCUT2D eigenvalue weighted by Gasteiger charge is -2.09. The summed E-state index contributed by atoms with van der Waals surface area (Å²) >= 11 is 3.57. The fourth-order valence-electron chi connectivity index (χ4n) is 1.72. The van der Waals surface area contributed by atoms with E-state index in [1.165, 1.54) is 21.3 Å². The Morgan fingerprint density at radius 2 is 1.94 bits per heavy atom. The monoisotopic (exact) mass is 278 g/mol. The lowest BCUT2D eigenvalue weighted by Crippen LogP contribution is -2.00. The van der Waals surface area contributed by atoms with Crippen molar-refractivity contribution in [1.82, 2.24) is 4.98 Å². The maximum absolute atomic E-state index is 3.57. The second-order valence-corrected chi connectivity index (χ2v) is 4.77. The quantitative estimate of drug-likeness (QED) is 0.873. The third-order valence-corrected chi connectivity index (χ3v) is 3.83. The Labute approximate surface area is 104 Å². The number of H-pyrrole nitrogens is 1. The molecule has 1 heterocycles. The molecule has 84 valence electrons. The Hall–Kier alpha value is -1.22. The van der Waals surface area contributed by atoms with Gasteiger partial charge < -0.3 is 10.3 Å². The zero-order valence-electron chi connectivity index (χ0n) is 9.47. The van der Waals surface area contributed by atoms with E-state index in [9.17, 15) is 0 Å². The Bertz CT molecular complexity index is 452. The zero-order chi connectivity index (χ0) is 11.5. The van der Waals surface area contributed by atoms with Crippen molar-refractivity contribution in [1.29, 1.82) is 0 Å². The molecule has 0 spiro atoms. The van der Waals surface area contributed by atoms with Gasteiger partial charge >= 0.3 is 0 Å². The third-order valence-electron chi connectivity index (χ3n) is 2.58. The Morgan fingerprint density at radius 3 is 2.50 bits per heavy atom. The summed E-state index contributed by atoms with van der Waals surface area (Å²) < 4.78 is 1.19. The summed E-state index contributed by atoms with van der Waals surface area (Å²) in [6, 6.07) is 8.39. The molecule has 0 atom stereocenters. The van der Waals surface area contributed by atoms with Crippen molar-refractivity contribution < 1.29 is 0 Å². The number of hydrogen-bond donors (Lipinski definition) is 2. The SMILES string of the molecule is Cc1cc(NCc2ccc[nH]2)cc(C)c1Br. The average Bonchev–Trinajstić information content (AvgIpc) is 2.75. The molecule has 0 aliphatic carbocycles. The highest BCUT2D eigenvalue weighted by Crippen LogP contribution is 2.25. The highest BCUT2D eigenvalue weighted by Gasteiger charge is 2.02. The maximum Gasteiger partial charge on any atom is 0.0551 e. The third kappa shape index (κ3) is 2.47. The van der Waals surface area contributed by atoms with Crippen molar-refractivity contribution >= 4 is 21.6 Å². The van der Waals surface area contributed by atoms with Gasteiger partial charge in [-0.25, -0.2) is 0 Å². The molecule has 2 rings (SSSR count). The smallest absolute Gasteiger partial charge is 0.0551 e. The van der Waals surface area contributed by atoms with Gasteiger partial charge in [-0.15, -0.1) is 0 Å². The predicted molar refractivity (Wildman–Crippen MR) is 71.7 cm³/mol. The molecule has 1 aromatic carbocycles. The molecule has 0 saturated heterocycles. The molecule has 0 unspecified atom stereocenters. The van der Waals surface area contributed by atoms with Crippen LogP contribution in [-0.4, -0.2) is 4.98 Å². The lowest BCUT2D eigenvalue weighted by molar-refractivity contribution is 1.07. The van der Waals surface area contributed by atoms with Gasteiger partial charge in [0.1, 0.15) is 0 Å². The first-order chi connectivity index (χ1) is 7.66. The molecule has 0 saturated carbocycles. The van der Waals surface area contributed by atoms with Crippen molar-refractivity contribution in [3.8, 4) is 0 Å². The Morgan fingerprint density at radius 1 is 1.25 bits per heavy atom. The van der Waals surface area contributed by atoms with Crippen LogP contribution >= 0.6 is 15.9 Å². The maximum atomic E-state index is 3.57. The minimum Gasteiger partial charge on any atom is -0.379 e. The van der Waals surface area contributed by atoms with E-state index in [-0.39, 0.29) is 0 Å². The van der Waals surface area contributed by atoms with Crippen LogP contribution in [0.15, 0.2) is 34.9 Å². The van der Waals surface area contributed by atoms with Gasteiger partial charge in [-0.3, -0.25) is 0 Å². The molecule has 3 heteroatoms. The molecule has 1 aromatic heterocycles. The number of nitrogens with one attached hydrogen (secondary N) is 2. The first-order valence-electron chi connectivity index (χ1n) is 5.29. The van der Waals surface area contributed by atoms with Gasteiger partial charge in [0.05, 0.1) is 6.54 Å². The van der Waals surface area contributed by atoms with Crippen LogP contribution in [0.5, 0.6) is 0 Å². The number of halogens is 1. The van der Waals surface area contributed by atoms with Crippen molar-refractivity contribution in [2.75, 3.05) is 5.32 Å². The lowest BCUT2D eigenvalue weighted by atomic mass is 10.1. The van der Waals surface area contributed by atoms with Gasteiger partial charge in [0.25, 0.3) is 0 Å². The summed E-state index contributed by atoms with van der Waals surface area (Å²) in [4.78, 5) is 3.18. The molecule has 2 aromatic rings. The van der Waals surface area contributed by atoms with Crippen LogP contribution < -0.4 is 5.32 Å². The second kappa shape index (κ2) is 4.74. The highest BCUT2D eigenvalue weighted by molar-refractivity contribution is 9.10. The van der Waals surface area contributed by atoms with Crippen molar-refractivity contribution in [2.24, 2.45) is 0 Å². The van der Waals surface area contributed by atoms with Gasteiger partial charge in [-0.2, -0.15) is 0 Å². The summed E-state index contributed by atoms with van der Waals surface area (Å²) in [7, 11) is 0. The summed E-state index contributed by atoms with van der Waals surface area (Å²) in [6.07, 6.45) is 1.94. The molecular weight excluding hydrogens is 264 g/mol. The summed E-state index contributed by atoms with van der Waals surface area (Å²) in [5.74, 6) is 0. The van der Waals surface area contributed by atoms with Gasteiger partial charge in [0.15, 0.2) is 0 Å². The standard InChI is InChI=1S/C13H15BrN2/c1-9-6-12(7-10(2)13(9)14)16-8-11-4-3-5-15-11/h3-7,15-16H,8H2,1-2H3. The van der Waals surface area contributed by atoms with Crippen LogP contribution in [0.1, 0.15) is 16.8 Å². The number of aromatic nitrogens is 1. The normalized spacial score (nSPS) is 10.4. The van der Waals surface area contributed by atoms with Gasteiger partial charge in [-0.1, -0.05) is 15.9 Å². The molecule has 16 heavy (non-hydrogen) atoms. The number of anilines is 1. The van der Waals surface area contributed by atoms with E-state index in [0.717, 1.165) is 12.2 Å². The molecule has 2 nitrogen and oxygen atoms in total. The van der Waals surface area contributed by atoms with Crippen molar-refractivity contribution in [2.45, 2.75) is 20.4 Å². The van der Waals surface area contributed by atoms with Crippen LogP contribution in [0.4, 0.5) is 5.69 Å². The van der Waals surface area contributed by atoms with Crippen LogP contribution in [0.3, 0.4) is 0 Å². The largest absolute Gasteiger partial charge is 0.379 e. The molecule has 0 aliphatic rings. The zero-order valence-corrected chi connectivity index (χ0v) is 11.1. The minimum atomic E-state index is 0.827. The topological polar surface area (TPSA) is 27.8 Å². The van der Waals surface area contributed by atoms with E-state index >= 15 is 0 Å². The fraction of sp³-hybridized carbons (Fsp3) is 0.231. The molecular formula is C13H15BrN2. The van der Waals surface area contributed by atoms with Gasteiger partial charge in [0.2, 0.25) is 0 Å². The van der Waals surface area contributed by atoms with Crippen molar-refractivity contribution in [3.63, 3.8) is 0 Å². The summed E-state index contributed by atoms with van der Waals surface area (Å²) in [6.45, 7) is 5.04. The van der Waals surface area contributed by atoms with Crippen LogP contribution in [-0.2, 0) is 6.54 Å². The first-order valence-corrected chi connectivity index (χ1v) is 6.09. The molecule has 0 bridgehead atoms. The predicted octanol–water partition coefficient (Wildman–Crippen LogP) is 4.01. The first kappa shape index (κ1) is 11.3. The Kier molecular flexibility index (Phi) is 3.34. The summed E-state index contributed by atoms with van der Waals surface area (Å²) in [5.41, 5.74) is 4.87. The highest BCUT2D eigenvalue weighted by atomic mass is 79.9. The Balaban J connectivity index is 2.10. The number of hydrogen-bond acceptors (Lipinski definition) is 1. The van der Waals surface area contributed by atoms with Gasteiger partial charge in [0, 0.05) is 22.1 Å². The number of benzene rings is 1. The summed E-state index contributed by atoms with van der Waals surface area (Å²) in [5, 5.41) is 3.40. The number of rotatable bonds is 3. The molecule has 0 aliphatic heterocycles. The second-order valence-electron chi connectivity index (χ2n) is 3.97. The molecule has 0 radical (unpaired) electrons. The van der Waals surface area contributed by atoms with E-state index in [4.69, 9.17) is 0 Å². The average molecular weight is 279 g/mol. The van der Waals surface area contributed by atoms with Crippen LogP contribution in [0.25, 0.3) is 0 Å². The van der Waals surface area contributed by atoms with E-state index in [2.05, 4.69) is 58.3 Å². The van der Waals surface area contributed by atoms with Crippen molar-refractivity contribution in [3.05, 3.63) is 51.8 Å². The van der Waals surface area contributed by atoms with E-state index < -0.39 is 0 Å². The fourth-order valence-corrected chi connectivity index (χ4v) is 1.95. The van der Waals surface area contributed by atoms with Gasteiger partial charge in [-0.05, 0) is 49.2 Å². The van der Waals surface area contributed by atoms with Crippen LogP contribution in [0.2, 0.25) is 0 Å². The van der Waals surface area contributed by atoms with E-state index in [0.29, 0.717) is 0 Å².